The Bertz CT molecular complexity index is 1390. The number of benzene rings is 3. The van der Waals surface area contributed by atoms with Gasteiger partial charge in [0.05, 0.1) is 22.5 Å². The summed E-state index contributed by atoms with van der Waals surface area (Å²) in [6, 6.07) is 26.5. The Morgan fingerprint density at radius 1 is 0.941 bits per heavy atom. The summed E-state index contributed by atoms with van der Waals surface area (Å²) < 4.78 is 8.44. The van der Waals surface area contributed by atoms with Gasteiger partial charge in [0.2, 0.25) is 0 Å². The number of thiophene rings is 1. The first-order chi connectivity index (χ1) is 16.8. The molecule has 34 heavy (non-hydrogen) atoms. The second-order valence-electron chi connectivity index (χ2n) is 8.18. The summed E-state index contributed by atoms with van der Waals surface area (Å²) in [5.41, 5.74) is 2.15. The fourth-order valence-electron chi connectivity index (χ4n) is 4.24. The van der Waals surface area contributed by atoms with Crippen LogP contribution in [0.4, 0.5) is 0 Å². The summed E-state index contributed by atoms with van der Waals surface area (Å²) >= 11 is 1.46. The lowest BCUT2D eigenvalue weighted by Crippen LogP contribution is -2.24. The maximum atomic E-state index is 12.2. The predicted molar refractivity (Wildman–Crippen MR) is 139 cm³/mol. The standard InChI is InChI=1S/C28H27N3O2S/c32-28(26-15-7-20-34-26)29-17-6-16-27-30-23-12-3-4-13-24(23)31(27)18-8-19-33-25-14-5-10-21-9-1-2-11-22(21)25/h1-5,7,9-15,20H,6,8,16-19H2,(H,29,32). The Morgan fingerprint density at radius 3 is 2.71 bits per heavy atom. The van der Waals surface area contributed by atoms with E-state index < -0.39 is 0 Å². The van der Waals surface area contributed by atoms with Crippen LogP contribution in [0.2, 0.25) is 0 Å². The number of nitrogens with zero attached hydrogens (tertiary/aromatic N) is 2. The van der Waals surface area contributed by atoms with Gasteiger partial charge in [0.15, 0.2) is 0 Å². The third-order valence-corrected chi connectivity index (χ3v) is 6.74. The third-order valence-electron chi connectivity index (χ3n) is 5.87. The van der Waals surface area contributed by atoms with Gasteiger partial charge < -0.3 is 14.6 Å². The second kappa shape index (κ2) is 10.5. The summed E-state index contributed by atoms with van der Waals surface area (Å²) in [7, 11) is 0. The van der Waals surface area contributed by atoms with Crippen LogP contribution in [-0.4, -0.2) is 28.6 Å². The molecule has 0 saturated carbocycles. The zero-order chi connectivity index (χ0) is 23.2. The molecule has 3 aromatic carbocycles. The molecule has 1 N–H and O–H groups in total. The molecule has 5 aromatic rings. The molecule has 0 atom stereocenters. The van der Waals surface area contributed by atoms with Crippen LogP contribution in [0, 0.1) is 0 Å². The average molecular weight is 470 g/mol. The van der Waals surface area contributed by atoms with E-state index in [1.807, 2.05) is 47.8 Å². The zero-order valence-corrected chi connectivity index (χ0v) is 19.8. The molecule has 1 amide bonds. The quantitative estimate of drug-likeness (QED) is 0.252. The van der Waals surface area contributed by atoms with Crippen molar-refractivity contribution in [2.24, 2.45) is 0 Å². The SMILES string of the molecule is O=C(NCCCc1nc2ccccc2n1CCCOc1cccc2ccccc12)c1cccs1. The molecule has 2 aromatic heterocycles. The summed E-state index contributed by atoms with van der Waals surface area (Å²) in [5.74, 6) is 1.97. The van der Waals surface area contributed by atoms with Crippen molar-refractivity contribution >= 4 is 39.0 Å². The number of aryl methyl sites for hydroxylation is 2. The van der Waals surface area contributed by atoms with Crippen LogP contribution in [-0.2, 0) is 13.0 Å². The highest BCUT2D eigenvalue weighted by molar-refractivity contribution is 7.12. The first-order valence-corrected chi connectivity index (χ1v) is 12.5. The molecular formula is C28H27N3O2S. The number of aromatic nitrogens is 2. The summed E-state index contributed by atoms with van der Waals surface area (Å²) in [6.45, 7) is 2.10. The van der Waals surface area contributed by atoms with E-state index in [0.717, 1.165) is 58.7 Å². The van der Waals surface area contributed by atoms with Gasteiger partial charge in [-0.2, -0.15) is 0 Å². The monoisotopic (exact) mass is 469 g/mol. The van der Waals surface area contributed by atoms with E-state index in [9.17, 15) is 4.79 Å². The molecule has 6 heteroatoms. The van der Waals surface area contributed by atoms with E-state index in [2.05, 4.69) is 46.3 Å². The molecule has 0 unspecified atom stereocenters. The van der Waals surface area contributed by atoms with Crippen LogP contribution >= 0.6 is 11.3 Å². The van der Waals surface area contributed by atoms with Gasteiger partial charge in [0.1, 0.15) is 11.6 Å². The van der Waals surface area contributed by atoms with Crippen LogP contribution in [0.25, 0.3) is 21.8 Å². The van der Waals surface area contributed by atoms with Crippen LogP contribution in [0.5, 0.6) is 5.75 Å². The maximum absolute atomic E-state index is 12.2. The molecule has 0 radical (unpaired) electrons. The van der Waals surface area contributed by atoms with Gasteiger partial charge in [-0.15, -0.1) is 11.3 Å². The minimum Gasteiger partial charge on any atom is -0.493 e. The summed E-state index contributed by atoms with van der Waals surface area (Å²) in [4.78, 5) is 17.8. The molecule has 2 heterocycles. The highest BCUT2D eigenvalue weighted by atomic mass is 32.1. The normalized spacial score (nSPS) is 11.2. The number of ether oxygens (including phenoxy) is 1. The van der Waals surface area contributed by atoms with E-state index in [-0.39, 0.29) is 5.91 Å². The first-order valence-electron chi connectivity index (χ1n) is 11.7. The van der Waals surface area contributed by atoms with Gasteiger partial charge in [-0.05, 0) is 47.9 Å². The van der Waals surface area contributed by atoms with Crippen LogP contribution in [0.15, 0.2) is 84.2 Å². The van der Waals surface area contributed by atoms with Crippen molar-refractivity contribution in [3.63, 3.8) is 0 Å². The highest BCUT2D eigenvalue weighted by Crippen LogP contribution is 2.25. The van der Waals surface area contributed by atoms with Gasteiger partial charge in [0.25, 0.3) is 5.91 Å². The molecule has 0 bridgehead atoms. The van der Waals surface area contributed by atoms with Crippen molar-refractivity contribution in [1.29, 1.82) is 0 Å². The molecule has 0 spiro atoms. The van der Waals surface area contributed by atoms with Crippen LogP contribution in [0.1, 0.15) is 28.3 Å². The number of fused-ring (bicyclic) bond motifs is 2. The molecule has 172 valence electrons. The smallest absolute Gasteiger partial charge is 0.261 e. The van der Waals surface area contributed by atoms with Gasteiger partial charge in [0, 0.05) is 24.9 Å². The Balaban J connectivity index is 1.20. The highest BCUT2D eigenvalue weighted by Gasteiger charge is 2.11. The van der Waals surface area contributed by atoms with Crippen molar-refractivity contribution < 1.29 is 9.53 Å². The Kier molecular flexibility index (Phi) is 6.86. The molecule has 5 rings (SSSR count). The number of imidazole rings is 1. The van der Waals surface area contributed by atoms with E-state index in [4.69, 9.17) is 9.72 Å². The van der Waals surface area contributed by atoms with E-state index in [0.29, 0.717) is 13.2 Å². The molecule has 0 saturated heterocycles. The summed E-state index contributed by atoms with van der Waals surface area (Å²) in [6.07, 6.45) is 2.53. The van der Waals surface area contributed by atoms with Crippen molar-refractivity contribution in [1.82, 2.24) is 14.9 Å². The van der Waals surface area contributed by atoms with Crippen molar-refractivity contribution in [2.75, 3.05) is 13.2 Å². The van der Waals surface area contributed by atoms with Gasteiger partial charge in [-0.25, -0.2) is 4.98 Å². The number of carbonyl (C=O) groups excluding carboxylic acids is 1. The molecular weight excluding hydrogens is 442 g/mol. The number of rotatable bonds is 10. The number of hydrogen-bond donors (Lipinski definition) is 1. The Hall–Kier alpha value is -3.64. The van der Waals surface area contributed by atoms with Crippen molar-refractivity contribution in [2.45, 2.75) is 25.8 Å². The van der Waals surface area contributed by atoms with Crippen LogP contribution < -0.4 is 10.1 Å². The molecule has 5 nitrogen and oxygen atoms in total. The molecule has 0 aliphatic carbocycles. The zero-order valence-electron chi connectivity index (χ0n) is 18.9. The average Bonchev–Trinajstić information content (AvgIpc) is 3.53. The number of carbonyl (C=O) groups is 1. The largest absolute Gasteiger partial charge is 0.493 e. The lowest BCUT2D eigenvalue weighted by molar-refractivity contribution is 0.0957. The minimum absolute atomic E-state index is 0.00547. The van der Waals surface area contributed by atoms with Gasteiger partial charge in [-0.3, -0.25) is 4.79 Å². The van der Waals surface area contributed by atoms with E-state index in [1.54, 1.807) is 0 Å². The maximum Gasteiger partial charge on any atom is 0.261 e. The second-order valence-corrected chi connectivity index (χ2v) is 9.13. The van der Waals surface area contributed by atoms with Crippen molar-refractivity contribution in [3.05, 3.63) is 94.9 Å². The van der Waals surface area contributed by atoms with Crippen LogP contribution in [0.3, 0.4) is 0 Å². The molecule has 0 fully saturated rings. The minimum atomic E-state index is -0.00547. The molecule has 0 aliphatic heterocycles. The fourth-order valence-corrected chi connectivity index (χ4v) is 4.88. The van der Waals surface area contributed by atoms with E-state index in [1.165, 1.54) is 16.7 Å². The number of hydrogen-bond acceptors (Lipinski definition) is 4. The Morgan fingerprint density at radius 2 is 1.79 bits per heavy atom. The predicted octanol–water partition coefficient (Wildman–Crippen LogP) is 6.08. The number of amides is 1. The Labute approximate surface area is 203 Å². The lowest BCUT2D eigenvalue weighted by Gasteiger charge is -2.12. The summed E-state index contributed by atoms with van der Waals surface area (Å²) in [5, 5.41) is 7.26. The topological polar surface area (TPSA) is 56.2 Å². The molecule has 0 aliphatic rings. The lowest BCUT2D eigenvalue weighted by atomic mass is 10.1. The third kappa shape index (κ3) is 4.97. The van der Waals surface area contributed by atoms with Gasteiger partial charge in [-0.1, -0.05) is 54.6 Å². The first kappa shape index (κ1) is 22.2. The van der Waals surface area contributed by atoms with Crippen molar-refractivity contribution in [3.8, 4) is 5.75 Å². The van der Waals surface area contributed by atoms with Gasteiger partial charge >= 0.3 is 0 Å². The van der Waals surface area contributed by atoms with E-state index >= 15 is 0 Å². The fraction of sp³-hybridized carbons (Fsp3) is 0.214. The number of nitrogens with one attached hydrogen (secondary N) is 1. The number of para-hydroxylation sites is 2.